The fourth-order valence-electron chi connectivity index (χ4n) is 2.60. The molecule has 0 saturated heterocycles. The van der Waals surface area contributed by atoms with E-state index < -0.39 is 9.84 Å². The summed E-state index contributed by atoms with van der Waals surface area (Å²) < 4.78 is 25.6. The Morgan fingerprint density at radius 1 is 1.11 bits per heavy atom. The molecule has 0 aliphatic heterocycles. The number of likely N-dealkylation sites (N-methyl/N-ethyl adjacent to an activating group) is 1. The highest BCUT2D eigenvalue weighted by Gasteiger charge is 2.23. The van der Waals surface area contributed by atoms with Gasteiger partial charge in [0.1, 0.15) is 4.90 Å². The number of thiophene rings is 1. The lowest BCUT2D eigenvalue weighted by molar-refractivity contribution is -0.117. The minimum absolute atomic E-state index is 0.115. The van der Waals surface area contributed by atoms with Gasteiger partial charge in [0.05, 0.1) is 17.1 Å². The summed E-state index contributed by atoms with van der Waals surface area (Å²) in [6.07, 6.45) is 3.41. The normalized spacial score (nSPS) is 11.5. The van der Waals surface area contributed by atoms with Crippen molar-refractivity contribution in [3.8, 4) is 0 Å². The summed E-state index contributed by atoms with van der Waals surface area (Å²) >= 11 is 1.24. The minimum Gasteiger partial charge on any atom is -0.323 e. The number of hydrogen-bond acceptors (Lipinski definition) is 6. The molecule has 8 heteroatoms. The summed E-state index contributed by atoms with van der Waals surface area (Å²) in [4.78, 5) is 18.5. The zero-order valence-corrected chi connectivity index (χ0v) is 16.3. The van der Waals surface area contributed by atoms with Gasteiger partial charge in [-0.15, -0.1) is 11.3 Å². The predicted molar refractivity (Wildman–Crippen MR) is 105 cm³/mol. The van der Waals surface area contributed by atoms with Crippen molar-refractivity contribution in [1.82, 2.24) is 9.88 Å². The van der Waals surface area contributed by atoms with Gasteiger partial charge in [-0.05, 0) is 36.9 Å². The molecule has 0 aliphatic rings. The van der Waals surface area contributed by atoms with Crippen LogP contribution in [0.3, 0.4) is 0 Å². The molecule has 0 fully saturated rings. The van der Waals surface area contributed by atoms with E-state index in [1.165, 1.54) is 11.3 Å². The Hall–Kier alpha value is -2.55. The Labute approximate surface area is 162 Å². The molecular weight excluding hydrogens is 382 g/mol. The molecule has 0 spiro atoms. The molecule has 0 unspecified atom stereocenters. The Morgan fingerprint density at radius 3 is 2.52 bits per heavy atom. The number of aromatic nitrogens is 1. The Kier molecular flexibility index (Phi) is 6.00. The van der Waals surface area contributed by atoms with E-state index in [1.54, 1.807) is 53.5 Å². The lowest BCUT2D eigenvalue weighted by Crippen LogP contribution is -2.30. The first-order valence-electron chi connectivity index (χ1n) is 8.20. The van der Waals surface area contributed by atoms with E-state index in [-0.39, 0.29) is 22.2 Å². The van der Waals surface area contributed by atoms with Crippen molar-refractivity contribution in [3.05, 3.63) is 71.2 Å². The summed E-state index contributed by atoms with van der Waals surface area (Å²) in [5.41, 5.74) is 1.36. The molecule has 1 aromatic carbocycles. The fraction of sp³-hybridized carbons (Fsp3) is 0.158. The van der Waals surface area contributed by atoms with Gasteiger partial charge in [-0.25, -0.2) is 8.42 Å². The van der Waals surface area contributed by atoms with Crippen molar-refractivity contribution >= 4 is 32.8 Å². The van der Waals surface area contributed by atoms with Crippen LogP contribution >= 0.6 is 11.3 Å². The van der Waals surface area contributed by atoms with E-state index in [9.17, 15) is 13.2 Å². The van der Waals surface area contributed by atoms with Crippen LogP contribution in [-0.4, -0.2) is 37.8 Å². The van der Waals surface area contributed by atoms with Crippen LogP contribution in [0.25, 0.3) is 0 Å². The Balaban J connectivity index is 1.68. The van der Waals surface area contributed by atoms with Gasteiger partial charge >= 0.3 is 0 Å². The number of amides is 1. The zero-order valence-electron chi connectivity index (χ0n) is 14.7. The van der Waals surface area contributed by atoms with Gasteiger partial charge in [0.15, 0.2) is 0 Å². The Bertz CT molecular complexity index is 1000. The summed E-state index contributed by atoms with van der Waals surface area (Å²) in [7, 11) is -1.85. The van der Waals surface area contributed by atoms with Crippen molar-refractivity contribution in [2.45, 2.75) is 16.3 Å². The van der Waals surface area contributed by atoms with E-state index in [4.69, 9.17) is 0 Å². The highest BCUT2D eigenvalue weighted by Crippen LogP contribution is 2.30. The number of pyridine rings is 1. The number of nitrogens with one attached hydrogen (secondary N) is 1. The SMILES string of the molecule is CN(CC(=O)Nc1cscc1S(=O)(=O)c1ccccc1)Cc1ccncc1. The van der Waals surface area contributed by atoms with Crippen LogP contribution in [0.2, 0.25) is 0 Å². The summed E-state index contributed by atoms with van der Waals surface area (Å²) in [6, 6.07) is 12.0. The molecule has 0 radical (unpaired) electrons. The second-order valence-electron chi connectivity index (χ2n) is 6.04. The molecule has 0 saturated carbocycles. The maximum absolute atomic E-state index is 12.8. The van der Waals surface area contributed by atoms with E-state index in [0.29, 0.717) is 12.2 Å². The molecule has 0 atom stereocenters. The molecular formula is C19H19N3O3S2. The van der Waals surface area contributed by atoms with Crippen molar-refractivity contribution < 1.29 is 13.2 Å². The van der Waals surface area contributed by atoms with Crippen LogP contribution in [0, 0.1) is 0 Å². The summed E-state index contributed by atoms with van der Waals surface area (Å²) in [6.45, 7) is 0.734. The standard InChI is InChI=1S/C19H19N3O3S2/c1-22(11-15-7-9-20-10-8-15)12-19(23)21-17-13-26-14-18(17)27(24,25)16-5-3-2-4-6-16/h2-10,13-14H,11-12H2,1H3,(H,21,23). The minimum atomic E-state index is -3.67. The number of hydrogen-bond donors (Lipinski definition) is 1. The molecule has 2 aromatic heterocycles. The quantitative estimate of drug-likeness (QED) is 0.658. The summed E-state index contributed by atoms with van der Waals surface area (Å²) in [5, 5.41) is 5.90. The number of anilines is 1. The van der Waals surface area contributed by atoms with Crippen molar-refractivity contribution in [1.29, 1.82) is 0 Å². The van der Waals surface area contributed by atoms with Gasteiger partial charge in [0, 0.05) is 29.7 Å². The number of nitrogens with zero attached hydrogens (tertiary/aromatic N) is 2. The molecule has 1 amide bonds. The Morgan fingerprint density at radius 2 is 1.81 bits per heavy atom. The number of carbonyl (C=O) groups excluding carboxylic acids is 1. The third kappa shape index (κ3) is 4.79. The first-order valence-corrected chi connectivity index (χ1v) is 10.6. The molecule has 6 nitrogen and oxygen atoms in total. The van der Waals surface area contributed by atoms with Crippen LogP contribution in [0.15, 0.2) is 75.4 Å². The second kappa shape index (κ2) is 8.43. The van der Waals surface area contributed by atoms with Gasteiger partial charge in [0.2, 0.25) is 15.7 Å². The molecule has 0 bridgehead atoms. The number of carbonyl (C=O) groups is 1. The maximum Gasteiger partial charge on any atom is 0.238 e. The molecule has 2 heterocycles. The number of sulfone groups is 1. The van der Waals surface area contributed by atoms with Crippen LogP contribution in [0.4, 0.5) is 5.69 Å². The molecule has 27 heavy (non-hydrogen) atoms. The lowest BCUT2D eigenvalue weighted by atomic mass is 10.2. The van der Waals surface area contributed by atoms with Gasteiger partial charge in [-0.2, -0.15) is 0 Å². The summed E-state index contributed by atoms with van der Waals surface area (Å²) in [5.74, 6) is -0.269. The van der Waals surface area contributed by atoms with Crippen molar-refractivity contribution in [2.75, 3.05) is 18.9 Å². The molecule has 3 rings (SSSR count). The van der Waals surface area contributed by atoms with Crippen LogP contribution < -0.4 is 5.32 Å². The molecule has 1 N–H and O–H groups in total. The monoisotopic (exact) mass is 401 g/mol. The van der Waals surface area contributed by atoms with Gasteiger partial charge < -0.3 is 5.32 Å². The third-order valence-corrected chi connectivity index (χ3v) is 6.56. The van der Waals surface area contributed by atoms with Crippen LogP contribution in [-0.2, 0) is 21.2 Å². The first-order chi connectivity index (χ1) is 13.0. The molecule has 140 valence electrons. The van der Waals surface area contributed by atoms with E-state index in [2.05, 4.69) is 10.3 Å². The number of rotatable bonds is 7. The average Bonchev–Trinajstić information content (AvgIpc) is 3.12. The van der Waals surface area contributed by atoms with E-state index in [0.717, 1.165) is 5.56 Å². The highest BCUT2D eigenvalue weighted by molar-refractivity contribution is 7.91. The van der Waals surface area contributed by atoms with Gasteiger partial charge in [-0.1, -0.05) is 18.2 Å². The van der Waals surface area contributed by atoms with Gasteiger partial charge in [0.25, 0.3) is 0 Å². The second-order valence-corrected chi connectivity index (χ2v) is 8.70. The van der Waals surface area contributed by atoms with Crippen LogP contribution in [0.5, 0.6) is 0 Å². The average molecular weight is 402 g/mol. The lowest BCUT2D eigenvalue weighted by Gasteiger charge is -2.16. The van der Waals surface area contributed by atoms with Crippen LogP contribution in [0.1, 0.15) is 5.56 Å². The molecule has 3 aromatic rings. The predicted octanol–water partition coefficient (Wildman–Crippen LogP) is 3.05. The maximum atomic E-state index is 12.8. The van der Waals surface area contributed by atoms with E-state index in [1.807, 2.05) is 24.1 Å². The highest BCUT2D eigenvalue weighted by atomic mass is 32.2. The van der Waals surface area contributed by atoms with Crippen molar-refractivity contribution in [2.24, 2.45) is 0 Å². The topological polar surface area (TPSA) is 79.4 Å². The van der Waals surface area contributed by atoms with E-state index >= 15 is 0 Å². The first kappa shape index (κ1) is 19.2. The number of benzene rings is 1. The smallest absolute Gasteiger partial charge is 0.238 e. The zero-order chi connectivity index (χ0) is 19.3. The largest absolute Gasteiger partial charge is 0.323 e. The van der Waals surface area contributed by atoms with Crippen molar-refractivity contribution in [3.63, 3.8) is 0 Å². The fourth-order valence-corrected chi connectivity index (χ4v) is 5.16. The molecule has 0 aliphatic carbocycles. The van der Waals surface area contributed by atoms with Gasteiger partial charge in [-0.3, -0.25) is 14.7 Å². The third-order valence-electron chi connectivity index (χ3n) is 3.86.